The summed E-state index contributed by atoms with van der Waals surface area (Å²) >= 11 is 1.89. The zero-order valence-corrected chi connectivity index (χ0v) is 12.4. The molecule has 0 aromatic heterocycles. The van der Waals surface area contributed by atoms with E-state index in [0.717, 1.165) is 29.7 Å². The van der Waals surface area contributed by atoms with Gasteiger partial charge in [-0.05, 0) is 43.2 Å². The lowest BCUT2D eigenvalue weighted by Gasteiger charge is -2.23. The van der Waals surface area contributed by atoms with Crippen LogP contribution in [0.15, 0.2) is 18.2 Å². The number of benzene rings is 1. The lowest BCUT2D eigenvalue weighted by Crippen LogP contribution is -2.38. The van der Waals surface area contributed by atoms with Crippen LogP contribution in [0.5, 0.6) is 0 Å². The maximum Gasteiger partial charge on any atom is 0.251 e. The second kappa shape index (κ2) is 7.37. The smallest absolute Gasteiger partial charge is 0.251 e. The molecule has 0 spiro atoms. The molecule has 2 N–H and O–H groups in total. The van der Waals surface area contributed by atoms with E-state index in [-0.39, 0.29) is 18.6 Å². The van der Waals surface area contributed by atoms with Gasteiger partial charge >= 0.3 is 0 Å². The Kier molecular flexibility index (Phi) is 5.51. The number of thioether (sulfide) groups is 1. The third kappa shape index (κ3) is 3.78. The minimum atomic E-state index is -0.171. The fourth-order valence-corrected chi connectivity index (χ4v) is 3.34. The Labute approximate surface area is 124 Å². The SMILES string of the molecule is Cc1c(C#CCO)cccc1C(=O)NC1CCCSC1. The topological polar surface area (TPSA) is 49.3 Å². The van der Waals surface area contributed by atoms with Gasteiger partial charge in [0.1, 0.15) is 6.61 Å². The van der Waals surface area contributed by atoms with E-state index in [2.05, 4.69) is 17.2 Å². The first-order chi connectivity index (χ1) is 9.72. The maximum absolute atomic E-state index is 12.3. The van der Waals surface area contributed by atoms with Crippen molar-refractivity contribution in [2.45, 2.75) is 25.8 Å². The first kappa shape index (κ1) is 15.0. The zero-order chi connectivity index (χ0) is 14.4. The fraction of sp³-hybridized carbons (Fsp3) is 0.438. The van der Waals surface area contributed by atoms with E-state index < -0.39 is 0 Å². The standard InChI is InChI=1S/C16H19NO2S/c1-12-13(6-3-9-18)5-2-8-15(12)16(19)17-14-7-4-10-20-11-14/h2,5,8,14,18H,4,7,9-11H2,1H3,(H,17,19). The average Bonchev–Trinajstić information content (AvgIpc) is 2.47. The Morgan fingerprint density at radius 2 is 2.40 bits per heavy atom. The molecule has 1 saturated heterocycles. The molecule has 0 saturated carbocycles. The summed E-state index contributed by atoms with van der Waals surface area (Å²) in [6, 6.07) is 5.79. The van der Waals surface area contributed by atoms with Crippen molar-refractivity contribution >= 4 is 17.7 Å². The first-order valence-electron chi connectivity index (χ1n) is 6.80. The number of hydrogen-bond acceptors (Lipinski definition) is 3. The van der Waals surface area contributed by atoms with Gasteiger partial charge in [-0.25, -0.2) is 0 Å². The van der Waals surface area contributed by atoms with E-state index in [0.29, 0.717) is 5.56 Å². The fourth-order valence-electron chi connectivity index (χ4n) is 2.27. The Morgan fingerprint density at radius 3 is 3.10 bits per heavy atom. The van der Waals surface area contributed by atoms with Crippen molar-refractivity contribution in [3.8, 4) is 11.8 Å². The van der Waals surface area contributed by atoms with Crippen LogP contribution < -0.4 is 5.32 Å². The summed E-state index contributed by atoms with van der Waals surface area (Å²) in [4.78, 5) is 12.3. The Hall–Kier alpha value is -1.44. The number of carbonyl (C=O) groups excluding carboxylic acids is 1. The highest BCUT2D eigenvalue weighted by Crippen LogP contribution is 2.18. The van der Waals surface area contributed by atoms with Crippen molar-refractivity contribution in [2.75, 3.05) is 18.1 Å². The molecule has 1 amide bonds. The highest BCUT2D eigenvalue weighted by Gasteiger charge is 2.18. The predicted molar refractivity (Wildman–Crippen MR) is 83.0 cm³/mol. The minimum Gasteiger partial charge on any atom is -0.384 e. The van der Waals surface area contributed by atoms with Crippen LogP contribution in [0.25, 0.3) is 0 Å². The van der Waals surface area contributed by atoms with Crippen molar-refractivity contribution < 1.29 is 9.90 Å². The van der Waals surface area contributed by atoms with Crippen molar-refractivity contribution in [2.24, 2.45) is 0 Å². The van der Waals surface area contributed by atoms with Crippen molar-refractivity contribution in [3.63, 3.8) is 0 Å². The summed E-state index contributed by atoms with van der Waals surface area (Å²) in [6.07, 6.45) is 2.22. The number of nitrogens with one attached hydrogen (secondary N) is 1. The largest absolute Gasteiger partial charge is 0.384 e. The number of aliphatic hydroxyl groups is 1. The minimum absolute atomic E-state index is 0.0253. The van der Waals surface area contributed by atoms with E-state index in [4.69, 9.17) is 5.11 Å². The number of carbonyl (C=O) groups is 1. The molecule has 3 nitrogen and oxygen atoms in total. The second-order valence-corrected chi connectivity index (χ2v) is 5.98. The van der Waals surface area contributed by atoms with Crippen molar-refractivity contribution in [1.29, 1.82) is 0 Å². The number of aliphatic hydroxyl groups excluding tert-OH is 1. The van der Waals surface area contributed by atoms with Crippen molar-refractivity contribution in [3.05, 3.63) is 34.9 Å². The summed E-state index contributed by atoms with van der Waals surface area (Å²) in [5, 5.41) is 11.9. The normalized spacial score (nSPS) is 18.0. The Bertz CT molecular complexity index is 539. The average molecular weight is 289 g/mol. The number of amides is 1. The molecule has 0 radical (unpaired) electrons. The summed E-state index contributed by atoms with van der Waals surface area (Å²) in [5.41, 5.74) is 2.34. The van der Waals surface area contributed by atoms with Gasteiger partial charge in [0.25, 0.3) is 5.91 Å². The molecule has 0 aliphatic carbocycles. The van der Waals surface area contributed by atoms with Crippen LogP contribution in [-0.4, -0.2) is 35.2 Å². The zero-order valence-electron chi connectivity index (χ0n) is 11.6. The van der Waals surface area contributed by atoms with Gasteiger partial charge in [-0.2, -0.15) is 11.8 Å². The van der Waals surface area contributed by atoms with Gasteiger partial charge in [0.05, 0.1) is 0 Å². The summed E-state index contributed by atoms with van der Waals surface area (Å²) in [7, 11) is 0. The molecule has 1 atom stereocenters. The van der Waals surface area contributed by atoms with Crippen molar-refractivity contribution in [1.82, 2.24) is 5.32 Å². The van der Waals surface area contributed by atoms with Gasteiger partial charge in [-0.3, -0.25) is 4.79 Å². The molecule has 1 aliphatic heterocycles. The first-order valence-corrected chi connectivity index (χ1v) is 7.96. The molecule has 4 heteroatoms. The summed E-state index contributed by atoms with van der Waals surface area (Å²) in [6.45, 7) is 1.72. The molecular formula is C16H19NO2S. The summed E-state index contributed by atoms with van der Waals surface area (Å²) in [5.74, 6) is 7.66. The van der Waals surface area contributed by atoms with Crippen LogP contribution in [0.3, 0.4) is 0 Å². The molecular weight excluding hydrogens is 270 g/mol. The van der Waals surface area contributed by atoms with E-state index in [1.54, 1.807) is 0 Å². The quantitative estimate of drug-likeness (QED) is 0.818. The number of hydrogen-bond donors (Lipinski definition) is 2. The van der Waals surface area contributed by atoms with Crippen LogP contribution >= 0.6 is 11.8 Å². The molecule has 1 aromatic rings. The molecule has 1 heterocycles. The van der Waals surface area contributed by atoms with Crippen LogP contribution in [-0.2, 0) is 0 Å². The third-order valence-corrected chi connectivity index (χ3v) is 4.59. The van der Waals surface area contributed by atoms with E-state index in [1.165, 1.54) is 5.75 Å². The molecule has 0 bridgehead atoms. The van der Waals surface area contributed by atoms with Gasteiger partial charge < -0.3 is 10.4 Å². The van der Waals surface area contributed by atoms with Gasteiger partial charge in [0.15, 0.2) is 0 Å². The molecule has 106 valence electrons. The van der Waals surface area contributed by atoms with Gasteiger partial charge in [-0.1, -0.05) is 17.9 Å². The van der Waals surface area contributed by atoms with Crippen LogP contribution in [0.1, 0.15) is 34.3 Å². The molecule has 1 aliphatic rings. The van der Waals surface area contributed by atoms with E-state index >= 15 is 0 Å². The molecule has 1 aromatic carbocycles. The monoisotopic (exact) mass is 289 g/mol. The highest BCUT2D eigenvalue weighted by molar-refractivity contribution is 7.99. The summed E-state index contributed by atoms with van der Waals surface area (Å²) < 4.78 is 0. The predicted octanol–water partition coefficient (Wildman–Crippen LogP) is 1.96. The third-order valence-electron chi connectivity index (χ3n) is 3.38. The molecule has 1 fully saturated rings. The number of rotatable bonds is 2. The van der Waals surface area contributed by atoms with Gasteiger partial charge in [-0.15, -0.1) is 0 Å². The van der Waals surface area contributed by atoms with Crippen LogP contribution in [0.4, 0.5) is 0 Å². The van der Waals surface area contributed by atoms with Gasteiger partial charge in [0, 0.05) is 22.9 Å². The van der Waals surface area contributed by atoms with E-state index in [9.17, 15) is 4.79 Å². The molecule has 2 rings (SSSR count). The lowest BCUT2D eigenvalue weighted by atomic mass is 10.0. The van der Waals surface area contributed by atoms with E-state index in [1.807, 2.05) is 36.9 Å². The molecule has 20 heavy (non-hydrogen) atoms. The van der Waals surface area contributed by atoms with Crippen LogP contribution in [0.2, 0.25) is 0 Å². The Balaban J connectivity index is 2.13. The second-order valence-electron chi connectivity index (χ2n) is 4.83. The molecule has 1 unspecified atom stereocenters. The maximum atomic E-state index is 12.3. The van der Waals surface area contributed by atoms with Crippen LogP contribution in [0, 0.1) is 18.8 Å². The van der Waals surface area contributed by atoms with Gasteiger partial charge in [0.2, 0.25) is 0 Å². The lowest BCUT2D eigenvalue weighted by molar-refractivity contribution is 0.0938. The Morgan fingerprint density at radius 1 is 1.55 bits per heavy atom. The highest BCUT2D eigenvalue weighted by atomic mass is 32.2.